The Morgan fingerprint density at radius 2 is 2.31 bits per heavy atom. The molecule has 92 valence electrons. The van der Waals surface area contributed by atoms with Crippen molar-refractivity contribution >= 4 is 5.91 Å². The molecule has 1 aliphatic carbocycles. The van der Waals surface area contributed by atoms with Gasteiger partial charge in [0.15, 0.2) is 0 Å². The Hall–Kier alpha value is -0.610. The number of hydrogen-bond donors (Lipinski definition) is 2. The molecule has 3 atom stereocenters. The highest BCUT2D eigenvalue weighted by Gasteiger charge is 2.46. The van der Waals surface area contributed by atoms with Gasteiger partial charge in [-0.1, -0.05) is 13.8 Å². The Balaban J connectivity index is 1.75. The van der Waals surface area contributed by atoms with E-state index in [1.165, 1.54) is 0 Å². The molecule has 1 saturated carbocycles. The molecule has 16 heavy (non-hydrogen) atoms. The summed E-state index contributed by atoms with van der Waals surface area (Å²) >= 11 is 0. The van der Waals surface area contributed by atoms with Crippen molar-refractivity contribution in [2.24, 2.45) is 11.1 Å². The summed E-state index contributed by atoms with van der Waals surface area (Å²) < 4.78 is 5.44. The lowest BCUT2D eigenvalue weighted by Gasteiger charge is -2.50. The van der Waals surface area contributed by atoms with Gasteiger partial charge in [0.05, 0.1) is 12.5 Å². The van der Waals surface area contributed by atoms with Crippen molar-refractivity contribution in [1.29, 1.82) is 0 Å². The highest BCUT2D eigenvalue weighted by atomic mass is 16.5. The van der Waals surface area contributed by atoms with Crippen molar-refractivity contribution < 1.29 is 9.53 Å². The lowest BCUT2D eigenvalue weighted by atomic mass is 9.63. The van der Waals surface area contributed by atoms with Crippen LogP contribution in [0.25, 0.3) is 0 Å². The SMILES string of the molecule is CC1(C)C(N)CC1NC(=O)CC1CCCO1. The minimum absolute atomic E-state index is 0.0339. The predicted molar refractivity (Wildman–Crippen MR) is 61.9 cm³/mol. The Kier molecular flexibility index (Phi) is 3.22. The summed E-state index contributed by atoms with van der Waals surface area (Å²) in [5, 5.41) is 3.06. The summed E-state index contributed by atoms with van der Waals surface area (Å²) in [4.78, 5) is 11.8. The average Bonchev–Trinajstić information content (AvgIpc) is 2.70. The molecule has 1 heterocycles. The molecule has 4 nitrogen and oxygen atoms in total. The quantitative estimate of drug-likeness (QED) is 0.748. The van der Waals surface area contributed by atoms with Gasteiger partial charge in [-0.15, -0.1) is 0 Å². The Labute approximate surface area is 96.9 Å². The van der Waals surface area contributed by atoms with Crippen LogP contribution >= 0.6 is 0 Å². The second-order valence-corrected chi connectivity index (χ2v) is 5.62. The molecule has 2 aliphatic rings. The van der Waals surface area contributed by atoms with Gasteiger partial charge in [0.2, 0.25) is 5.91 Å². The molecule has 0 aromatic heterocycles. The molecule has 4 heteroatoms. The molecule has 0 spiro atoms. The fourth-order valence-corrected chi connectivity index (χ4v) is 2.47. The van der Waals surface area contributed by atoms with Gasteiger partial charge in [0, 0.05) is 24.1 Å². The molecule has 1 aliphatic heterocycles. The lowest BCUT2D eigenvalue weighted by Crippen LogP contribution is -2.64. The monoisotopic (exact) mass is 226 g/mol. The second kappa shape index (κ2) is 4.34. The van der Waals surface area contributed by atoms with Crippen LogP contribution in [-0.4, -0.2) is 30.7 Å². The van der Waals surface area contributed by atoms with Crippen molar-refractivity contribution in [1.82, 2.24) is 5.32 Å². The van der Waals surface area contributed by atoms with Crippen LogP contribution in [0, 0.1) is 5.41 Å². The van der Waals surface area contributed by atoms with Crippen LogP contribution in [0.3, 0.4) is 0 Å². The number of ether oxygens (including phenoxy) is 1. The molecule has 1 saturated heterocycles. The van der Waals surface area contributed by atoms with Crippen LogP contribution in [0.15, 0.2) is 0 Å². The summed E-state index contributed by atoms with van der Waals surface area (Å²) in [5.41, 5.74) is 5.94. The summed E-state index contributed by atoms with van der Waals surface area (Å²) in [7, 11) is 0. The lowest BCUT2D eigenvalue weighted by molar-refractivity contribution is -0.126. The van der Waals surface area contributed by atoms with Gasteiger partial charge in [-0.2, -0.15) is 0 Å². The number of carbonyl (C=O) groups excluding carboxylic acids is 1. The molecule has 1 amide bonds. The molecule has 3 unspecified atom stereocenters. The van der Waals surface area contributed by atoms with Crippen molar-refractivity contribution in [2.45, 2.75) is 57.7 Å². The third kappa shape index (κ3) is 2.23. The van der Waals surface area contributed by atoms with Crippen molar-refractivity contribution in [2.75, 3.05) is 6.61 Å². The fourth-order valence-electron chi connectivity index (χ4n) is 2.47. The summed E-state index contributed by atoms with van der Waals surface area (Å²) in [6, 6.07) is 0.442. The van der Waals surface area contributed by atoms with Crippen molar-refractivity contribution in [3.05, 3.63) is 0 Å². The minimum Gasteiger partial charge on any atom is -0.378 e. The average molecular weight is 226 g/mol. The van der Waals surface area contributed by atoms with Gasteiger partial charge in [0.25, 0.3) is 0 Å². The molecule has 0 bridgehead atoms. The van der Waals surface area contributed by atoms with Crippen LogP contribution < -0.4 is 11.1 Å². The molecular weight excluding hydrogens is 204 g/mol. The smallest absolute Gasteiger partial charge is 0.222 e. The zero-order valence-electron chi connectivity index (χ0n) is 10.2. The molecule has 3 N–H and O–H groups in total. The van der Waals surface area contributed by atoms with E-state index in [9.17, 15) is 4.79 Å². The number of nitrogens with one attached hydrogen (secondary N) is 1. The first-order valence-electron chi connectivity index (χ1n) is 6.16. The number of nitrogens with two attached hydrogens (primary N) is 1. The van der Waals surface area contributed by atoms with Gasteiger partial charge in [0.1, 0.15) is 0 Å². The van der Waals surface area contributed by atoms with Crippen LogP contribution in [0.4, 0.5) is 0 Å². The Bertz CT molecular complexity index is 272. The normalized spacial score (nSPS) is 36.8. The van der Waals surface area contributed by atoms with E-state index in [1.807, 2.05) is 0 Å². The molecule has 0 radical (unpaired) electrons. The number of rotatable bonds is 3. The third-order valence-corrected chi connectivity index (χ3v) is 4.12. The van der Waals surface area contributed by atoms with E-state index in [-0.39, 0.29) is 29.5 Å². The maximum Gasteiger partial charge on any atom is 0.222 e. The van der Waals surface area contributed by atoms with Crippen molar-refractivity contribution in [3.63, 3.8) is 0 Å². The number of amides is 1. The summed E-state index contributed by atoms with van der Waals surface area (Å²) in [6.45, 7) is 5.02. The van der Waals surface area contributed by atoms with E-state index in [4.69, 9.17) is 10.5 Å². The first-order chi connectivity index (χ1) is 7.50. The van der Waals surface area contributed by atoms with Crippen molar-refractivity contribution in [3.8, 4) is 0 Å². The van der Waals surface area contributed by atoms with E-state index in [0.717, 1.165) is 25.9 Å². The first kappa shape index (κ1) is 11.9. The maximum absolute atomic E-state index is 11.8. The zero-order chi connectivity index (χ0) is 11.8. The second-order valence-electron chi connectivity index (χ2n) is 5.62. The number of hydrogen-bond acceptors (Lipinski definition) is 3. The fraction of sp³-hybridized carbons (Fsp3) is 0.917. The largest absolute Gasteiger partial charge is 0.378 e. The Morgan fingerprint density at radius 3 is 2.81 bits per heavy atom. The predicted octanol–water partition coefficient (Wildman–Crippen LogP) is 0.797. The van der Waals surface area contributed by atoms with Gasteiger partial charge < -0.3 is 15.8 Å². The molecule has 0 aromatic carbocycles. The number of carbonyl (C=O) groups is 1. The first-order valence-corrected chi connectivity index (χ1v) is 6.16. The zero-order valence-corrected chi connectivity index (χ0v) is 10.2. The highest BCUT2D eigenvalue weighted by Crippen LogP contribution is 2.39. The molecular formula is C12H22N2O2. The molecule has 0 aromatic rings. The summed E-state index contributed by atoms with van der Waals surface area (Å²) in [5.74, 6) is 0.108. The van der Waals surface area contributed by atoms with Crippen LogP contribution in [0.5, 0.6) is 0 Å². The van der Waals surface area contributed by atoms with Crippen LogP contribution in [-0.2, 0) is 9.53 Å². The van der Waals surface area contributed by atoms with E-state index < -0.39 is 0 Å². The highest BCUT2D eigenvalue weighted by molar-refractivity contribution is 5.77. The van der Waals surface area contributed by atoms with E-state index in [0.29, 0.717) is 6.42 Å². The van der Waals surface area contributed by atoms with Crippen LogP contribution in [0.2, 0.25) is 0 Å². The van der Waals surface area contributed by atoms with Gasteiger partial charge in [-0.3, -0.25) is 4.79 Å². The third-order valence-electron chi connectivity index (χ3n) is 4.12. The van der Waals surface area contributed by atoms with Gasteiger partial charge in [-0.25, -0.2) is 0 Å². The van der Waals surface area contributed by atoms with Gasteiger partial charge >= 0.3 is 0 Å². The summed E-state index contributed by atoms with van der Waals surface area (Å²) in [6.07, 6.45) is 3.63. The Morgan fingerprint density at radius 1 is 1.56 bits per heavy atom. The van der Waals surface area contributed by atoms with Crippen LogP contribution in [0.1, 0.15) is 39.5 Å². The standard InChI is InChI=1S/C12H22N2O2/c1-12(2)9(13)7-10(12)14-11(15)6-8-4-3-5-16-8/h8-10H,3-7,13H2,1-2H3,(H,14,15). The topological polar surface area (TPSA) is 64.3 Å². The molecule has 2 rings (SSSR count). The van der Waals surface area contributed by atoms with E-state index >= 15 is 0 Å². The molecule has 2 fully saturated rings. The van der Waals surface area contributed by atoms with E-state index in [1.54, 1.807) is 0 Å². The maximum atomic E-state index is 11.8. The van der Waals surface area contributed by atoms with E-state index in [2.05, 4.69) is 19.2 Å². The van der Waals surface area contributed by atoms with Gasteiger partial charge in [-0.05, 0) is 19.3 Å². The minimum atomic E-state index is 0.0339.